The van der Waals surface area contributed by atoms with Gasteiger partial charge in [0.15, 0.2) is 0 Å². The molecule has 6 nitrogen and oxygen atoms in total. The molecule has 2 atom stereocenters. The second-order valence-corrected chi connectivity index (χ2v) is 9.19. The molecule has 2 saturated heterocycles. The van der Waals surface area contributed by atoms with Gasteiger partial charge in [-0.3, -0.25) is 4.79 Å². The zero-order valence-corrected chi connectivity index (χ0v) is 18.4. The summed E-state index contributed by atoms with van der Waals surface area (Å²) in [7, 11) is 0. The lowest BCUT2D eigenvalue weighted by Crippen LogP contribution is -2.52. The molecule has 1 amide bonds. The van der Waals surface area contributed by atoms with E-state index in [4.69, 9.17) is 9.47 Å². The summed E-state index contributed by atoms with van der Waals surface area (Å²) >= 11 is 0. The average molecular weight is 479 g/mol. The van der Waals surface area contributed by atoms with Gasteiger partial charge in [-0.05, 0) is 48.6 Å². The van der Waals surface area contributed by atoms with Crippen LogP contribution in [-0.4, -0.2) is 49.4 Å². The van der Waals surface area contributed by atoms with Gasteiger partial charge in [0.2, 0.25) is 0 Å². The summed E-state index contributed by atoms with van der Waals surface area (Å²) in [5.41, 5.74) is -1.10. The predicted octanol–water partition coefficient (Wildman–Crippen LogP) is 4.12. The lowest BCUT2D eigenvalue weighted by Gasteiger charge is -2.40. The number of aromatic nitrogens is 1. The maximum absolute atomic E-state index is 13.7. The molecule has 3 aliphatic rings. The number of nitrogens with one attached hydrogen (secondary N) is 1. The molecule has 2 aliphatic heterocycles. The van der Waals surface area contributed by atoms with Crippen LogP contribution in [0.4, 0.5) is 23.4 Å². The molecule has 10 heteroatoms. The molecule has 3 fully saturated rings. The smallest absolute Gasteiger partial charge is 0.378 e. The van der Waals surface area contributed by atoms with Gasteiger partial charge < -0.3 is 19.7 Å². The molecule has 1 aromatic carbocycles. The normalized spacial score (nSPS) is 23.8. The van der Waals surface area contributed by atoms with Crippen molar-refractivity contribution in [2.75, 3.05) is 37.8 Å². The lowest BCUT2D eigenvalue weighted by molar-refractivity contribution is -0.140. The Balaban J connectivity index is 1.30. The van der Waals surface area contributed by atoms with Gasteiger partial charge >= 0.3 is 6.18 Å². The topological polar surface area (TPSA) is 63.7 Å². The van der Waals surface area contributed by atoms with E-state index in [0.717, 1.165) is 37.2 Å². The molecular weight excluding hydrogens is 454 g/mol. The summed E-state index contributed by atoms with van der Waals surface area (Å²) in [6, 6.07) is 5.68. The first-order valence-corrected chi connectivity index (χ1v) is 11.3. The van der Waals surface area contributed by atoms with Crippen LogP contribution in [0.15, 0.2) is 36.5 Å². The van der Waals surface area contributed by atoms with E-state index in [0.29, 0.717) is 38.5 Å². The van der Waals surface area contributed by atoms with Crippen molar-refractivity contribution in [2.24, 2.45) is 5.92 Å². The highest BCUT2D eigenvalue weighted by Gasteiger charge is 2.41. The van der Waals surface area contributed by atoms with Crippen molar-refractivity contribution in [2.45, 2.75) is 37.1 Å². The number of benzene rings is 1. The number of halogens is 4. The van der Waals surface area contributed by atoms with E-state index in [-0.39, 0.29) is 17.1 Å². The van der Waals surface area contributed by atoms with Crippen LogP contribution in [0.25, 0.3) is 0 Å². The molecule has 3 heterocycles. The Morgan fingerprint density at radius 1 is 1.21 bits per heavy atom. The van der Waals surface area contributed by atoms with Crippen LogP contribution >= 0.6 is 0 Å². The molecule has 34 heavy (non-hydrogen) atoms. The van der Waals surface area contributed by atoms with Gasteiger partial charge in [0, 0.05) is 25.8 Å². The second kappa shape index (κ2) is 8.81. The van der Waals surface area contributed by atoms with Crippen molar-refractivity contribution in [3.63, 3.8) is 0 Å². The molecule has 1 N–H and O–H groups in total. The third kappa shape index (κ3) is 4.74. The van der Waals surface area contributed by atoms with E-state index in [2.05, 4.69) is 15.2 Å². The molecule has 1 spiro atoms. The Kier molecular flexibility index (Phi) is 5.97. The number of nitrogens with zero attached hydrogens (tertiary/aromatic N) is 2. The van der Waals surface area contributed by atoms with E-state index < -0.39 is 29.5 Å². The maximum Gasteiger partial charge on any atom is 0.419 e. The van der Waals surface area contributed by atoms with Gasteiger partial charge in [-0.15, -0.1) is 0 Å². The summed E-state index contributed by atoms with van der Waals surface area (Å²) in [6.07, 6.45) is -0.951. The Hall–Kier alpha value is -2.72. The standard InChI is InChI=1S/C24H25F4N3O3/c25-19-5-3-16(11-18(19)24(26,27)28)21(15-1-2-15)30-22(32)17-4-6-20(29-12-17)31-8-10-34-23(13-31)7-9-33-14-23/h3-6,11-12,15,21H,1-2,7-10,13-14H2,(H,30,32). The molecule has 1 saturated carbocycles. The Morgan fingerprint density at radius 2 is 2.03 bits per heavy atom. The molecular formula is C24H25F4N3O3. The van der Waals surface area contributed by atoms with Gasteiger partial charge in [-0.25, -0.2) is 9.37 Å². The highest BCUT2D eigenvalue weighted by atomic mass is 19.4. The number of anilines is 1. The second-order valence-electron chi connectivity index (χ2n) is 9.19. The van der Waals surface area contributed by atoms with Gasteiger partial charge in [-0.2, -0.15) is 13.2 Å². The number of ether oxygens (including phenoxy) is 2. The fourth-order valence-electron chi connectivity index (χ4n) is 4.66. The highest BCUT2D eigenvalue weighted by molar-refractivity contribution is 5.94. The van der Waals surface area contributed by atoms with Gasteiger partial charge in [-0.1, -0.05) is 6.07 Å². The van der Waals surface area contributed by atoms with Crippen molar-refractivity contribution in [1.29, 1.82) is 0 Å². The molecule has 1 aliphatic carbocycles. The number of hydrogen-bond acceptors (Lipinski definition) is 5. The fraction of sp³-hybridized carbons (Fsp3) is 0.500. The van der Waals surface area contributed by atoms with E-state index >= 15 is 0 Å². The van der Waals surface area contributed by atoms with E-state index in [1.165, 1.54) is 12.3 Å². The van der Waals surface area contributed by atoms with Gasteiger partial charge in [0.1, 0.15) is 17.2 Å². The van der Waals surface area contributed by atoms with Gasteiger partial charge in [0.25, 0.3) is 5.91 Å². The third-order valence-corrected chi connectivity index (χ3v) is 6.68. The van der Waals surface area contributed by atoms with Crippen LogP contribution in [0.5, 0.6) is 0 Å². The van der Waals surface area contributed by atoms with E-state index in [9.17, 15) is 22.4 Å². The zero-order valence-electron chi connectivity index (χ0n) is 18.4. The van der Waals surface area contributed by atoms with E-state index in [1.807, 2.05) is 0 Å². The minimum atomic E-state index is -4.80. The monoisotopic (exact) mass is 479 g/mol. The minimum absolute atomic E-state index is 0.0147. The van der Waals surface area contributed by atoms with Crippen LogP contribution in [0, 0.1) is 11.7 Å². The predicted molar refractivity (Wildman–Crippen MR) is 115 cm³/mol. The number of hydrogen-bond donors (Lipinski definition) is 1. The number of alkyl halides is 3. The maximum atomic E-state index is 13.7. The first kappa shape index (κ1) is 23.0. The Labute approximate surface area is 194 Å². The molecule has 0 radical (unpaired) electrons. The zero-order chi connectivity index (χ0) is 23.9. The van der Waals surface area contributed by atoms with Crippen molar-refractivity contribution >= 4 is 11.7 Å². The van der Waals surface area contributed by atoms with Crippen LogP contribution in [0.3, 0.4) is 0 Å². The summed E-state index contributed by atoms with van der Waals surface area (Å²) < 4.78 is 64.7. The van der Waals surface area contributed by atoms with Gasteiger partial charge in [0.05, 0.1) is 36.9 Å². The molecule has 2 unspecified atom stereocenters. The van der Waals surface area contributed by atoms with Crippen LogP contribution in [-0.2, 0) is 15.7 Å². The van der Waals surface area contributed by atoms with Crippen molar-refractivity contribution < 1.29 is 31.8 Å². The van der Waals surface area contributed by atoms with Crippen molar-refractivity contribution in [3.05, 3.63) is 59.0 Å². The highest BCUT2D eigenvalue weighted by Crippen LogP contribution is 2.43. The summed E-state index contributed by atoms with van der Waals surface area (Å²) in [4.78, 5) is 19.5. The SMILES string of the molecule is O=C(NC(c1ccc(F)c(C(F)(F)F)c1)C1CC1)c1ccc(N2CCOC3(CCOC3)C2)nc1. The van der Waals surface area contributed by atoms with E-state index in [1.54, 1.807) is 12.1 Å². The molecule has 1 aromatic heterocycles. The number of carbonyl (C=O) groups is 1. The Bertz CT molecular complexity index is 1050. The molecule has 5 rings (SSSR count). The quantitative estimate of drug-likeness (QED) is 0.654. The molecule has 2 aromatic rings. The third-order valence-electron chi connectivity index (χ3n) is 6.68. The first-order valence-electron chi connectivity index (χ1n) is 11.3. The summed E-state index contributed by atoms with van der Waals surface area (Å²) in [6.45, 7) is 3.11. The summed E-state index contributed by atoms with van der Waals surface area (Å²) in [5.74, 6) is -1.03. The number of amides is 1. The minimum Gasteiger partial charge on any atom is -0.378 e. The van der Waals surface area contributed by atoms with Crippen molar-refractivity contribution in [3.8, 4) is 0 Å². The number of morpholine rings is 1. The summed E-state index contributed by atoms with van der Waals surface area (Å²) in [5, 5.41) is 2.83. The Morgan fingerprint density at radius 3 is 2.68 bits per heavy atom. The van der Waals surface area contributed by atoms with Crippen molar-refractivity contribution in [1.82, 2.24) is 10.3 Å². The van der Waals surface area contributed by atoms with Crippen LogP contribution < -0.4 is 10.2 Å². The number of carbonyl (C=O) groups excluding carboxylic acids is 1. The largest absolute Gasteiger partial charge is 0.419 e. The molecule has 0 bridgehead atoms. The van der Waals surface area contributed by atoms with Crippen LogP contribution in [0.1, 0.15) is 46.8 Å². The molecule has 182 valence electrons. The first-order chi connectivity index (χ1) is 16.2. The number of rotatable bonds is 5. The number of pyridine rings is 1. The fourth-order valence-corrected chi connectivity index (χ4v) is 4.66. The average Bonchev–Trinajstić information content (AvgIpc) is 3.57. The van der Waals surface area contributed by atoms with Crippen LogP contribution in [0.2, 0.25) is 0 Å². The lowest BCUT2D eigenvalue weighted by atomic mass is 9.99.